The molecule has 2 aliphatic carbocycles. The van der Waals surface area contributed by atoms with Gasteiger partial charge >= 0.3 is 0 Å². The van der Waals surface area contributed by atoms with Gasteiger partial charge in [0.2, 0.25) is 5.91 Å². The van der Waals surface area contributed by atoms with Gasteiger partial charge in [-0.15, -0.1) is 0 Å². The molecule has 0 radical (unpaired) electrons. The molecule has 70 valence electrons. The molecule has 0 aromatic rings. The van der Waals surface area contributed by atoms with Crippen molar-refractivity contribution in [3.63, 3.8) is 0 Å². The zero-order valence-corrected chi connectivity index (χ0v) is 7.86. The molecular weight excluding hydrogens is 164 g/mol. The highest BCUT2D eigenvalue weighted by molar-refractivity contribution is 5.82. The van der Waals surface area contributed by atoms with Gasteiger partial charge in [0, 0.05) is 13.0 Å². The first kappa shape index (κ1) is 8.55. The van der Waals surface area contributed by atoms with E-state index < -0.39 is 0 Å². The van der Waals surface area contributed by atoms with Crippen molar-refractivity contribution in [3.05, 3.63) is 0 Å². The SMILES string of the molecule is CN(CC#N)C(=O)C1C2CCCC21. The number of rotatable bonds is 2. The predicted molar refractivity (Wildman–Crippen MR) is 47.6 cm³/mol. The molecule has 2 atom stereocenters. The quantitative estimate of drug-likeness (QED) is 0.592. The zero-order valence-electron chi connectivity index (χ0n) is 7.86. The van der Waals surface area contributed by atoms with Gasteiger partial charge in [-0.05, 0) is 24.7 Å². The Balaban J connectivity index is 1.89. The number of carbonyl (C=O) groups is 1. The average molecular weight is 178 g/mol. The molecule has 0 N–H and O–H groups in total. The summed E-state index contributed by atoms with van der Waals surface area (Å²) in [6, 6.07) is 2.00. The Morgan fingerprint density at radius 1 is 1.54 bits per heavy atom. The highest BCUT2D eigenvalue weighted by Crippen LogP contribution is 2.57. The topological polar surface area (TPSA) is 44.1 Å². The molecule has 3 heteroatoms. The zero-order chi connectivity index (χ0) is 9.42. The Labute approximate surface area is 78.3 Å². The first-order valence-electron chi connectivity index (χ1n) is 4.87. The van der Waals surface area contributed by atoms with Crippen LogP contribution in [0.2, 0.25) is 0 Å². The first-order chi connectivity index (χ1) is 6.25. The molecule has 2 aliphatic rings. The number of hydrogen-bond donors (Lipinski definition) is 0. The summed E-state index contributed by atoms with van der Waals surface area (Å²) >= 11 is 0. The number of nitrogens with zero attached hydrogens (tertiary/aromatic N) is 2. The largest absolute Gasteiger partial charge is 0.332 e. The molecule has 0 heterocycles. The number of fused-ring (bicyclic) bond motifs is 1. The lowest BCUT2D eigenvalue weighted by Gasteiger charge is -2.13. The molecular formula is C10H14N2O. The lowest BCUT2D eigenvalue weighted by molar-refractivity contribution is -0.131. The lowest BCUT2D eigenvalue weighted by Crippen LogP contribution is -2.29. The maximum Gasteiger partial charge on any atom is 0.226 e. The molecule has 0 saturated heterocycles. The molecule has 0 bridgehead atoms. The third-order valence-corrected chi connectivity index (χ3v) is 3.38. The fourth-order valence-electron chi connectivity index (χ4n) is 2.63. The average Bonchev–Trinajstić information content (AvgIpc) is 2.58. The van der Waals surface area contributed by atoms with Crippen LogP contribution < -0.4 is 0 Å². The molecule has 3 nitrogen and oxygen atoms in total. The lowest BCUT2D eigenvalue weighted by atomic mass is 10.1. The number of carbonyl (C=O) groups excluding carboxylic acids is 1. The Morgan fingerprint density at radius 3 is 2.69 bits per heavy atom. The summed E-state index contributed by atoms with van der Waals surface area (Å²) in [6.07, 6.45) is 3.74. The molecule has 0 aliphatic heterocycles. The minimum Gasteiger partial charge on any atom is -0.332 e. The summed E-state index contributed by atoms with van der Waals surface area (Å²) in [5.41, 5.74) is 0. The van der Waals surface area contributed by atoms with E-state index in [0.29, 0.717) is 11.8 Å². The van der Waals surface area contributed by atoms with E-state index in [0.717, 1.165) is 0 Å². The van der Waals surface area contributed by atoms with Gasteiger partial charge in [-0.1, -0.05) is 6.42 Å². The van der Waals surface area contributed by atoms with Crippen molar-refractivity contribution in [2.45, 2.75) is 19.3 Å². The van der Waals surface area contributed by atoms with Crippen LogP contribution >= 0.6 is 0 Å². The van der Waals surface area contributed by atoms with Gasteiger partial charge in [0.1, 0.15) is 6.54 Å². The van der Waals surface area contributed by atoms with E-state index in [1.54, 1.807) is 11.9 Å². The van der Waals surface area contributed by atoms with Gasteiger partial charge in [-0.2, -0.15) is 5.26 Å². The van der Waals surface area contributed by atoms with Crippen LogP contribution in [0.25, 0.3) is 0 Å². The van der Waals surface area contributed by atoms with Gasteiger partial charge in [0.25, 0.3) is 0 Å². The fraction of sp³-hybridized carbons (Fsp3) is 0.800. The van der Waals surface area contributed by atoms with E-state index >= 15 is 0 Å². The minimum atomic E-state index is 0.191. The van der Waals surface area contributed by atoms with Crippen LogP contribution in [0, 0.1) is 29.1 Å². The van der Waals surface area contributed by atoms with E-state index in [9.17, 15) is 4.79 Å². The van der Waals surface area contributed by atoms with E-state index in [1.807, 2.05) is 6.07 Å². The van der Waals surface area contributed by atoms with Crippen molar-refractivity contribution in [2.75, 3.05) is 13.6 Å². The summed E-state index contributed by atoms with van der Waals surface area (Å²) in [5, 5.41) is 8.45. The van der Waals surface area contributed by atoms with Gasteiger partial charge in [0.15, 0.2) is 0 Å². The van der Waals surface area contributed by atoms with E-state index in [1.165, 1.54) is 19.3 Å². The van der Waals surface area contributed by atoms with E-state index in [2.05, 4.69) is 0 Å². The second-order valence-corrected chi connectivity index (χ2v) is 4.14. The second kappa shape index (κ2) is 3.02. The van der Waals surface area contributed by atoms with E-state index in [4.69, 9.17) is 5.26 Å². The number of amides is 1. The van der Waals surface area contributed by atoms with Crippen molar-refractivity contribution < 1.29 is 4.79 Å². The third kappa shape index (κ3) is 1.31. The van der Waals surface area contributed by atoms with Crippen LogP contribution in [0.4, 0.5) is 0 Å². The monoisotopic (exact) mass is 178 g/mol. The molecule has 0 aromatic carbocycles. The van der Waals surface area contributed by atoms with Gasteiger partial charge in [-0.3, -0.25) is 4.79 Å². The summed E-state index contributed by atoms with van der Waals surface area (Å²) in [7, 11) is 1.72. The molecule has 0 spiro atoms. The van der Waals surface area contributed by atoms with Crippen molar-refractivity contribution in [3.8, 4) is 6.07 Å². The van der Waals surface area contributed by atoms with Gasteiger partial charge in [-0.25, -0.2) is 0 Å². The Kier molecular flexibility index (Phi) is 1.99. The Bertz CT molecular complexity index is 259. The molecule has 2 fully saturated rings. The van der Waals surface area contributed by atoms with Gasteiger partial charge in [0.05, 0.1) is 6.07 Å². The molecule has 2 rings (SSSR count). The molecule has 1 amide bonds. The van der Waals surface area contributed by atoms with Crippen molar-refractivity contribution in [1.29, 1.82) is 5.26 Å². The minimum absolute atomic E-state index is 0.191. The number of hydrogen-bond acceptors (Lipinski definition) is 2. The smallest absolute Gasteiger partial charge is 0.226 e. The van der Waals surface area contributed by atoms with Crippen LogP contribution in [-0.2, 0) is 4.79 Å². The summed E-state index contributed by atoms with van der Waals surface area (Å²) in [6.45, 7) is 0.231. The Hall–Kier alpha value is -1.04. The summed E-state index contributed by atoms with van der Waals surface area (Å²) in [4.78, 5) is 13.2. The Morgan fingerprint density at radius 2 is 2.15 bits per heavy atom. The van der Waals surface area contributed by atoms with Crippen LogP contribution in [0.1, 0.15) is 19.3 Å². The molecule has 13 heavy (non-hydrogen) atoms. The first-order valence-corrected chi connectivity index (χ1v) is 4.87. The van der Waals surface area contributed by atoms with Crippen LogP contribution in [0.5, 0.6) is 0 Å². The summed E-state index contributed by atoms with van der Waals surface area (Å²) in [5.74, 6) is 1.78. The molecule has 0 aromatic heterocycles. The maximum absolute atomic E-state index is 11.7. The normalized spacial score (nSPS) is 34.9. The molecule has 2 saturated carbocycles. The fourth-order valence-corrected chi connectivity index (χ4v) is 2.63. The third-order valence-electron chi connectivity index (χ3n) is 3.38. The van der Waals surface area contributed by atoms with Crippen molar-refractivity contribution in [1.82, 2.24) is 4.90 Å². The van der Waals surface area contributed by atoms with Crippen molar-refractivity contribution >= 4 is 5.91 Å². The number of nitriles is 1. The van der Waals surface area contributed by atoms with Crippen LogP contribution in [0.15, 0.2) is 0 Å². The second-order valence-electron chi connectivity index (χ2n) is 4.14. The predicted octanol–water partition coefficient (Wildman–Crippen LogP) is 1.01. The standard InChI is InChI=1S/C10H14N2O/c1-12(6-5-11)10(13)9-7-3-2-4-8(7)9/h7-9H,2-4,6H2,1H3. The van der Waals surface area contributed by atoms with E-state index in [-0.39, 0.29) is 18.4 Å². The maximum atomic E-state index is 11.7. The molecule has 2 unspecified atom stereocenters. The van der Waals surface area contributed by atoms with Crippen LogP contribution in [0.3, 0.4) is 0 Å². The van der Waals surface area contributed by atoms with Gasteiger partial charge < -0.3 is 4.90 Å². The van der Waals surface area contributed by atoms with Crippen molar-refractivity contribution in [2.24, 2.45) is 17.8 Å². The highest BCUT2D eigenvalue weighted by Gasteiger charge is 2.57. The highest BCUT2D eigenvalue weighted by atomic mass is 16.2. The van der Waals surface area contributed by atoms with Crippen LogP contribution in [-0.4, -0.2) is 24.4 Å². The summed E-state index contributed by atoms with van der Waals surface area (Å²) < 4.78 is 0.